The molecule has 0 spiro atoms. The van der Waals surface area contributed by atoms with Crippen molar-refractivity contribution in [1.82, 2.24) is 0 Å². The molecule has 0 radical (unpaired) electrons. The van der Waals surface area contributed by atoms with Crippen molar-refractivity contribution in [1.29, 1.82) is 0 Å². The summed E-state index contributed by atoms with van der Waals surface area (Å²) in [4.78, 5) is 0. The molecule has 2 heteroatoms. The van der Waals surface area contributed by atoms with E-state index >= 15 is 0 Å². The van der Waals surface area contributed by atoms with Gasteiger partial charge in [0.15, 0.2) is 0 Å². The summed E-state index contributed by atoms with van der Waals surface area (Å²) in [6.07, 6.45) is 3.63. The van der Waals surface area contributed by atoms with Crippen LogP contribution in [0.15, 0.2) is 24.1 Å². The monoisotopic (exact) mass is 156 g/mol. The van der Waals surface area contributed by atoms with Crippen molar-refractivity contribution in [3.63, 3.8) is 0 Å². The zero-order valence-electron chi connectivity index (χ0n) is 7.27. The zero-order chi connectivity index (χ0) is 8.20. The molecule has 10 heavy (non-hydrogen) atoms. The van der Waals surface area contributed by atoms with Crippen molar-refractivity contribution in [2.75, 3.05) is 7.11 Å². The van der Waals surface area contributed by atoms with Crippen LogP contribution in [0.1, 0.15) is 0 Å². The second kappa shape index (κ2) is 3.61. The lowest BCUT2D eigenvalue weighted by atomic mass is 10.6. The first-order valence-electron chi connectivity index (χ1n) is 3.37. The maximum Gasteiger partial charge on any atom is 0.0823 e. The lowest BCUT2D eigenvalue weighted by molar-refractivity contribution is 0.338. The Kier molecular flexibility index (Phi) is 3.43. The average molecular weight is 156 g/mol. The van der Waals surface area contributed by atoms with Gasteiger partial charge in [0.2, 0.25) is 0 Å². The van der Waals surface area contributed by atoms with Crippen molar-refractivity contribution < 1.29 is 4.74 Å². The number of rotatable bonds is 3. The van der Waals surface area contributed by atoms with Gasteiger partial charge in [0.05, 0.1) is 21.4 Å². The molecule has 58 valence electrons. The molecule has 0 bridgehead atoms. The Labute approximate surface area is 64.4 Å². The Morgan fingerprint density at radius 2 is 1.90 bits per heavy atom. The van der Waals surface area contributed by atoms with Crippen molar-refractivity contribution in [2.24, 2.45) is 0 Å². The predicted octanol–water partition coefficient (Wildman–Crippen LogP) is 2.58. The fraction of sp³-hybridized carbons (Fsp3) is 0.500. The summed E-state index contributed by atoms with van der Waals surface area (Å²) in [6, 6.07) is 0. The van der Waals surface area contributed by atoms with E-state index in [1.165, 1.54) is 5.20 Å². The predicted molar refractivity (Wildman–Crippen MR) is 48.6 cm³/mol. The molecule has 0 atom stereocenters. The summed E-state index contributed by atoms with van der Waals surface area (Å²) in [5.41, 5.74) is 0. The van der Waals surface area contributed by atoms with Crippen LogP contribution in [-0.2, 0) is 4.74 Å². The Bertz CT molecular complexity index is 142. The largest absolute Gasteiger partial charge is 0.504 e. The number of allylic oxidation sites excluding steroid dienone is 2. The number of hydrogen-bond donors (Lipinski definition) is 0. The van der Waals surface area contributed by atoms with Crippen LogP contribution in [0.2, 0.25) is 19.6 Å². The summed E-state index contributed by atoms with van der Waals surface area (Å²) >= 11 is 0. The van der Waals surface area contributed by atoms with Gasteiger partial charge in [0.25, 0.3) is 0 Å². The summed E-state index contributed by atoms with van der Waals surface area (Å²) in [7, 11) is 0.488. The van der Waals surface area contributed by atoms with Gasteiger partial charge >= 0.3 is 0 Å². The van der Waals surface area contributed by atoms with Crippen LogP contribution in [0.3, 0.4) is 0 Å². The smallest absolute Gasteiger partial charge is 0.0823 e. The minimum absolute atomic E-state index is 1.16. The second-order valence-corrected chi connectivity index (χ2v) is 8.46. The van der Waals surface area contributed by atoms with Crippen LogP contribution in [0.5, 0.6) is 0 Å². The van der Waals surface area contributed by atoms with Crippen molar-refractivity contribution >= 4 is 8.07 Å². The lowest BCUT2D eigenvalue weighted by Crippen LogP contribution is -2.21. The molecule has 1 nitrogen and oxygen atoms in total. The fourth-order valence-corrected chi connectivity index (χ4v) is 0.968. The van der Waals surface area contributed by atoms with E-state index in [1.807, 2.05) is 6.08 Å². The molecule has 0 rings (SSSR count). The molecule has 0 amide bonds. The molecule has 0 heterocycles. The highest BCUT2D eigenvalue weighted by molar-refractivity contribution is 6.83. The Morgan fingerprint density at radius 1 is 1.40 bits per heavy atom. The molecular formula is C8H16OSi. The SMILES string of the molecule is C=C(/C=C\OC)[Si](C)(C)C. The molecule has 0 aliphatic heterocycles. The van der Waals surface area contributed by atoms with E-state index in [4.69, 9.17) is 4.74 Å². The first-order valence-corrected chi connectivity index (χ1v) is 6.87. The van der Waals surface area contributed by atoms with Gasteiger partial charge in [-0.2, -0.15) is 0 Å². The topological polar surface area (TPSA) is 9.23 Å². The average Bonchev–Trinajstić information content (AvgIpc) is 1.80. The van der Waals surface area contributed by atoms with Gasteiger partial charge in [0.1, 0.15) is 0 Å². The van der Waals surface area contributed by atoms with Gasteiger partial charge in [0, 0.05) is 0 Å². The summed E-state index contributed by atoms with van der Waals surface area (Å²) < 4.78 is 4.79. The highest BCUT2D eigenvalue weighted by Gasteiger charge is 2.14. The van der Waals surface area contributed by atoms with Crippen molar-refractivity contribution in [3.8, 4) is 0 Å². The Morgan fingerprint density at radius 3 is 2.20 bits per heavy atom. The van der Waals surface area contributed by atoms with Gasteiger partial charge in [-0.25, -0.2) is 0 Å². The van der Waals surface area contributed by atoms with Crippen LogP contribution in [0.25, 0.3) is 0 Å². The number of methoxy groups -OCH3 is 1. The minimum atomic E-state index is -1.16. The summed E-state index contributed by atoms with van der Waals surface area (Å²) in [5, 5.41) is 1.22. The van der Waals surface area contributed by atoms with Crippen LogP contribution in [0.4, 0.5) is 0 Å². The minimum Gasteiger partial charge on any atom is -0.504 e. The molecule has 0 saturated carbocycles. The van der Waals surface area contributed by atoms with Gasteiger partial charge in [-0.1, -0.05) is 31.4 Å². The third-order valence-corrected chi connectivity index (χ3v) is 3.46. The van der Waals surface area contributed by atoms with E-state index in [1.54, 1.807) is 13.4 Å². The molecule has 0 aliphatic carbocycles. The molecule has 0 aromatic rings. The standard InChI is InChI=1S/C8H16OSi/c1-8(6-7-9-2)10(3,4)5/h6-7H,1H2,2-5H3/b7-6-. The molecule has 0 fully saturated rings. The first-order chi connectivity index (χ1) is 4.48. The van der Waals surface area contributed by atoms with Crippen LogP contribution in [0, 0.1) is 0 Å². The van der Waals surface area contributed by atoms with Crippen LogP contribution < -0.4 is 0 Å². The Balaban J connectivity index is 3.98. The van der Waals surface area contributed by atoms with E-state index in [-0.39, 0.29) is 0 Å². The second-order valence-electron chi connectivity index (χ2n) is 3.31. The summed E-state index contributed by atoms with van der Waals surface area (Å²) in [5.74, 6) is 0. The fourth-order valence-electron chi connectivity index (χ4n) is 0.400. The van der Waals surface area contributed by atoms with Gasteiger partial charge in [-0.3, -0.25) is 0 Å². The number of ether oxygens (including phenoxy) is 1. The highest BCUT2D eigenvalue weighted by Crippen LogP contribution is 2.12. The molecule has 0 saturated heterocycles. The molecule has 0 aromatic heterocycles. The maximum atomic E-state index is 4.79. The maximum absolute atomic E-state index is 4.79. The van der Waals surface area contributed by atoms with E-state index in [2.05, 4.69) is 26.2 Å². The molecule has 0 aliphatic rings. The highest BCUT2D eigenvalue weighted by atomic mass is 28.3. The molecule has 0 N–H and O–H groups in total. The third-order valence-electron chi connectivity index (χ3n) is 1.37. The lowest BCUT2D eigenvalue weighted by Gasteiger charge is -2.15. The van der Waals surface area contributed by atoms with Crippen molar-refractivity contribution in [2.45, 2.75) is 19.6 Å². The van der Waals surface area contributed by atoms with E-state index < -0.39 is 8.07 Å². The molecular weight excluding hydrogens is 140 g/mol. The van der Waals surface area contributed by atoms with Crippen LogP contribution >= 0.6 is 0 Å². The van der Waals surface area contributed by atoms with Gasteiger partial charge in [-0.15, -0.1) is 0 Å². The van der Waals surface area contributed by atoms with E-state index in [9.17, 15) is 0 Å². The first kappa shape index (κ1) is 9.50. The van der Waals surface area contributed by atoms with Crippen LogP contribution in [-0.4, -0.2) is 15.2 Å². The van der Waals surface area contributed by atoms with E-state index in [0.29, 0.717) is 0 Å². The normalized spacial score (nSPS) is 12.0. The van der Waals surface area contributed by atoms with Crippen molar-refractivity contribution in [3.05, 3.63) is 24.1 Å². The van der Waals surface area contributed by atoms with Gasteiger partial charge in [-0.05, 0) is 6.08 Å². The van der Waals surface area contributed by atoms with E-state index in [0.717, 1.165) is 0 Å². The summed E-state index contributed by atoms with van der Waals surface area (Å²) in [6.45, 7) is 10.7. The molecule has 0 unspecified atom stereocenters. The Hall–Kier alpha value is -0.503. The molecule has 0 aromatic carbocycles. The third kappa shape index (κ3) is 3.51. The number of hydrogen-bond acceptors (Lipinski definition) is 1. The quantitative estimate of drug-likeness (QED) is 0.347. The van der Waals surface area contributed by atoms with Gasteiger partial charge < -0.3 is 4.74 Å². The zero-order valence-corrected chi connectivity index (χ0v) is 8.27.